The lowest BCUT2D eigenvalue weighted by Gasteiger charge is -2.20. The number of aromatic amines is 1. The van der Waals surface area contributed by atoms with Crippen molar-refractivity contribution in [3.05, 3.63) is 23.5 Å². The Labute approximate surface area is 103 Å². The summed E-state index contributed by atoms with van der Waals surface area (Å²) in [5.74, 6) is -0.314. The lowest BCUT2D eigenvalue weighted by atomic mass is 10.2. The molecular formula is C12H15F3N2O. The van der Waals surface area contributed by atoms with Gasteiger partial charge in [0.2, 0.25) is 0 Å². The van der Waals surface area contributed by atoms with E-state index >= 15 is 0 Å². The minimum Gasteiger partial charge on any atom is -0.357 e. The first-order valence-electron chi connectivity index (χ1n) is 6.00. The number of halogens is 3. The van der Waals surface area contributed by atoms with Gasteiger partial charge in [-0.05, 0) is 25.3 Å². The summed E-state index contributed by atoms with van der Waals surface area (Å²) in [6.45, 7) is 2.54. The summed E-state index contributed by atoms with van der Waals surface area (Å²) in [5, 5.41) is 0. The highest BCUT2D eigenvalue weighted by Gasteiger charge is 2.36. The average molecular weight is 260 g/mol. The van der Waals surface area contributed by atoms with Crippen molar-refractivity contribution >= 4 is 5.91 Å². The summed E-state index contributed by atoms with van der Waals surface area (Å²) in [5.41, 5.74) is -0.791. The molecule has 2 rings (SSSR count). The molecule has 1 saturated carbocycles. The molecule has 18 heavy (non-hydrogen) atoms. The van der Waals surface area contributed by atoms with Crippen molar-refractivity contribution in [3.8, 4) is 0 Å². The molecule has 0 aromatic carbocycles. The molecule has 3 nitrogen and oxygen atoms in total. The molecule has 1 aromatic heterocycles. The van der Waals surface area contributed by atoms with Crippen LogP contribution in [0.5, 0.6) is 0 Å². The van der Waals surface area contributed by atoms with Gasteiger partial charge in [-0.15, -0.1) is 0 Å². The zero-order valence-corrected chi connectivity index (χ0v) is 10.0. The van der Waals surface area contributed by atoms with Crippen LogP contribution in [0.1, 0.15) is 42.2 Å². The van der Waals surface area contributed by atoms with Gasteiger partial charge >= 0.3 is 6.18 Å². The van der Waals surface area contributed by atoms with Crippen LogP contribution in [0.4, 0.5) is 13.2 Å². The van der Waals surface area contributed by atoms with Crippen LogP contribution in [0.15, 0.2) is 12.3 Å². The van der Waals surface area contributed by atoms with Crippen LogP contribution in [-0.4, -0.2) is 28.4 Å². The molecule has 1 aliphatic rings. The smallest absolute Gasteiger partial charge is 0.357 e. The number of amides is 1. The SMILES string of the molecule is CCCN(C(=O)c1c[nH]c(C(F)(F)F)c1)C1CC1. The topological polar surface area (TPSA) is 36.1 Å². The first kappa shape index (κ1) is 13.0. The Morgan fingerprint density at radius 2 is 2.17 bits per heavy atom. The summed E-state index contributed by atoms with van der Waals surface area (Å²) in [6.07, 6.45) is -0.604. The second kappa shape index (κ2) is 4.66. The number of H-pyrrole nitrogens is 1. The second-order valence-electron chi connectivity index (χ2n) is 4.53. The maximum absolute atomic E-state index is 12.4. The van der Waals surface area contributed by atoms with E-state index in [-0.39, 0.29) is 17.5 Å². The van der Waals surface area contributed by atoms with Crippen LogP contribution < -0.4 is 0 Å². The van der Waals surface area contributed by atoms with E-state index in [4.69, 9.17) is 0 Å². The summed E-state index contributed by atoms with van der Waals surface area (Å²) < 4.78 is 37.3. The molecule has 0 saturated heterocycles. The van der Waals surface area contributed by atoms with Crippen molar-refractivity contribution in [3.63, 3.8) is 0 Å². The summed E-state index contributed by atoms with van der Waals surface area (Å²) in [4.78, 5) is 15.9. The van der Waals surface area contributed by atoms with E-state index in [1.54, 1.807) is 4.90 Å². The van der Waals surface area contributed by atoms with Crippen molar-refractivity contribution in [1.82, 2.24) is 9.88 Å². The maximum Gasteiger partial charge on any atom is 0.431 e. The van der Waals surface area contributed by atoms with Crippen LogP contribution in [0, 0.1) is 0 Å². The Balaban J connectivity index is 2.14. The van der Waals surface area contributed by atoms with Gasteiger partial charge in [0, 0.05) is 18.8 Å². The lowest BCUT2D eigenvalue weighted by molar-refractivity contribution is -0.140. The van der Waals surface area contributed by atoms with E-state index in [1.807, 2.05) is 6.92 Å². The molecule has 0 unspecified atom stereocenters. The summed E-state index contributed by atoms with van der Waals surface area (Å²) in [6, 6.07) is 1.09. The normalized spacial score (nSPS) is 15.8. The molecule has 0 spiro atoms. The highest BCUT2D eigenvalue weighted by Crippen LogP contribution is 2.31. The number of nitrogens with one attached hydrogen (secondary N) is 1. The van der Waals surface area contributed by atoms with Gasteiger partial charge in [0.05, 0.1) is 5.56 Å². The first-order valence-corrected chi connectivity index (χ1v) is 6.00. The number of carbonyl (C=O) groups excluding carboxylic acids is 1. The van der Waals surface area contributed by atoms with E-state index < -0.39 is 11.9 Å². The molecule has 1 heterocycles. The Hall–Kier alpha value is -1.46. The molecule has 0 bridgehead atoms. The third kappa shape index (κ3) is 2.68. The number of hydrogen-bond donors (Lipinski definition) is 1. The predicted molar refractivity (Wildman–Crippen MR) is 60.1 cm³/mol. The van der Waals surface area contributed by atoms with Crippen molar-refractivity contribution in [1.29, 1.82) is 0 Å². The van der Waals surface area contributed by atoms with E-state index in [0.717, 1.165) is 31.5 Å². The number of aromatic nitrogens is 1. The summed E-state index contributed by atoms with van der Waals surface area (Å²) >= 11 is 0. The van der Waals surface area contributed by atoms with Crippen molar-refractivity contribution < 1.29 is 18.0 Å². The number of rotatable bonds is 4. The lowest BCUT2D eigenvalue weighted by Crippen LogP contribution is -2.33. The summed E-state index contributed by atoms with van der Waals surface area (Å²) in [7, 11) is 0. The molecule has 1 N–H and O–H groups in total. The van der Waals surface area contributed by atoms with Gasteiger partial charge in [0.15, 0.2) is 0 Å². The van der Waals surface area contributed by atoms with Crippen LogP contribution in [0.2, 0.25) is 0 Å². The zero-order valence-electron chi connectivity index (χ0n) is 10.0. The van der Waals surface area contributed by atoms with Crippen LogP contribution in [0.3, 0.4) is 0 Å². The fourth-order valence-electron chi connectivity index (χ4n) is 1.92. The average Bonchev–Trinajstić information content (AvgIpc) is 2.99. The van der Waals surface area contributed by atoms with E-state index in [2.05, 4.69) is 4.98 Å². The van der Waals surface area contributed by atoms with Crippen LogP contribution >= 0.6 is 0 Å². The Kier molecular flexibility index (Phi) is 3.36. The standard InChI is InChI=1S/C12H15F3N2O/c1-2-5-17(9-3-4-9)11(18)8-6-10(16-7-8)12(13,14)15/h6-7,9,16H,2-5H2,1H3. The van der Waals surface area contributed by atoms with E-state index in [1.165, 1.54) is 0 Å². The maximum atomic E-state index is 12.4. The van der Waals surface area contributed by atoms with Crippen LogP contribution in [-0.2, 0) is 6.18 Å². The van der Waals surface area contributed by atoms with Gasteiger partial charge in [-0.2, -0.15) is 13.2 Å². The third-order valence-corrected chi connectivity index (χ3v) is 2.95. The first-order chi connectivity index (χ1) is 8.43. The largest absolute Gasteiger partial charge is 0.431 e. The second-order valence-corrected chi connectivity index (χ2v) is 4.53. The van der Waals surface area contributed by atoms with E-state index in [9.17, 15) is 18.0 Å². The minimum absolute atomic E-state index is 0.0858. The van der Waals surface area contributed by atoms with Gasteiger partial charge < -0.3 is 9.88 Å². The number of hydrogen-bond acceptors (Lipinski definition) is 1. The molecule has 1 amide bonds. The van der Waals surface area contributed by atoms with Crippen molar-refractivity contribution in [2.75, 3.05) is 6.54 Å². The fraction of sp³-hybridized carbons (Fsp3) is 0.583. The Bertz CT molecular complexity index is 435. The van der Waals surface area contributed by atoms with Gasteiger partial charge in [-0.3, -0.25) is 4.79 Å². The van der Waals surface area contributed by atoms with E-state index in [0.29, 0.717) is 6.54 Å². The zero-order chi connectivity index (χ0) is 13.3. The highest BCUT2D eigenvalue weighted by atomic mass is 19.4. The Morgan fingerprint density at radius 1 is 1.50 bits per heavy atom. The fourth-order valence-corrected chi connectivity index (χ4v) is 1.92. The number of nitrogens with zero attached hydrogens (tertiary/aromatic N) is 1. The molecule has 6 heteroatoms. The minimum atomic E-state index is -4.44. The number of alkyl halides is 3. The molecule has 1 aliphatic carbocycles. The van der Waals surface area contributed by atoms with Gasteiger partial charge in [-0.1, -0.05) is 6.92 Å². The molecule has 0 atom stereocenters. The predicted octanol–water partition coefficient (Wildman–Crippen LogP) is 3.05. The molecular weight excluding hydrogens is 245 g/mol. The van der Waals surface area contributed by atoms with Gasteiger partial charge in [0.1, 0.15) is 5.69 Å². The Morgan fingerprint density at radius 3 is 2.61 bits per heavy atom. The van der Waals surface area contributed by atoms with Gasteiger partial charge in [0.25, 0.3) is 5.91 Å². The quantitative estimate of drug-likeness (QED) is 0.887. The molecule has 0 aliphatic heterocycles. The molecule has 1 aromatic rings. The number of carbonyl (C=O) groups is 1. The molecule has 0 radical (unpaired) electrons. The van der Waals surface area contributed by atoms with Crippen LogP contribution in [0.25, 0.3) is 0 Å². The third-order valence-electron chi connectivity index (χ3n) is 2.95. The molecule has 100 valence electrons. The van der Waals surface area contributed by atoms with Gasteiger partial charge in [-0.25, -0.2) is 0 Å². The monoisotopic (exact) mass is 260 g/mol. The van der Waals surface area contributed by atoms with Crippen molar-refractivity contribution in [2.24, 2.45) is 0 Å². The van der Waals surface area contributed by atoms with Crippen molar-refractivity contribution in [2.45, 2.75) is 38.4 Å². The highest BCUT2D eigenvalue weighted by molar-refractivity contribution is 5.94. The molecule has 1 fully saturated rings.